The van der Waals surface area contributed by atoms with Crippen LogP contribution < -0.4 is 5.73 Å². The van der Waals surface area contributed by atoms with Crippen LogP contribution >= 0.6 is 0 Å². The minimum absolute atomic E-state index is 0.244. The van der Waals surface area contributed by atoms with E-state index in [0.717, 1.165) is 5.56 Å². The molecule has 0 aromatic heterocycles. The third-order valence-electron chi connectivity index (χ3n) is 1.60. The molecule has 0 radical (unpaired) electrons. The molecule has 0 bridgehead atoms. The lowest BCUT2D eigenvalue weighted by Crippen LogP contribution is -2.01. The molecule has 3 N–H and O–H groups in total. The van der Waals surface area contributed by atoms with E-state index in [1.807, 2.05) is 18.2 Å². The first-order chi connectivity index (χ1) is 5.70. The van der Waals surface area contributed by atoms with Gasteiger partial charge in [0, 0.05) is 5.69 Å². The van der Waals surface area contributed by atoms with Gasteiger partial charge in [-0.3, -0.25) is 0 Å². The zero-order valence-corrected chi connectivity index (χ0v) is 7.38. The number of anilines is 1. The van der Waals surface area contributed by atoms with E-state index in [2.05, 4.69) is 0 Å². The molecule has 0 saturated heterocycles. The van der Waals surface area contributed by atoms with E-state index in [0.29, 0.717) is 12.1 Å². The van der Waals surface area contributed by atoms with Crippen LogP contribution in [0.1, 0.15) is 5.56 Å². The third kappa shape index (κ3) is 2.64. The van der Waals surface area contributed by atoms with Crippen molar-refractivity contribution in [2.24, 2.45) is 0 Å². The van der Waals surface area contributed by atoms with Gasteiger partial charge in [-0.2, -0.15) is 0 Å². The smallest absolute Gasteiger partial charge is 0.153 e. The monoisotopic (exact) mass is 185 g/mol. The van der Waals surface area contributed by atoms with Gasteiger partial charge in [0.2, 0.25) is 0 Å². The Morgan fingerprint density at radius 1 is 1.42 bits per heavy atom. The standard InChI is InChI=1S/C8H11NO2S/c9-8-4-2-1-3-7(8)5-6-12(10)11/h1-4H,5-6,9H2,(H,10,11). The van der Waals surface area contributed by atoms with Gasteiger partial charge in [0.05, 0.1) is 5.75 Å². The van der Waals surface area contributed by atoms with Crippen LogP contribution in [0, 0.1) is 0 Å². The summed E-state index contributed by atoms with van der Waals surface area (Å²) in [7, 11) is 0. The molecule has 0 aliphatic carbocycles. The number of nitrogens with two attached hydrogens (primary N) is 1. The number of hydrogen-bond donors (Lipinski definition) is 2. The fraction of sp³-hybridized carbons (Fsp3) is 0.250. The van der Waals surface area contributed by atoms with Gasteiger partial charge < -0.3 is 10.3 Å². The van der Waals surface area contributed by atoms with Gasteiger partial charge in [0.15, 0.2) is 11.1 Å². The molecule has 1 atom stereocenters. The van der Waals surface area contributed by atoms with E-state index in [-0.39, 0.29) is 5.75 Å². The first-order valence-corrected chi connectivity index (χ1v) is 4.88. The van der Waals surface area contributed by atoms with E-state index in [1.54, 1.807) is 6.07 Å². The van der Waals surface area contributed by atoms with Crippen molar-refractivity contribution >= 4 is 16.8 Å². The normalized spacial score (nSPS) is 12.8. The molecule has 0 heterocycles. The van der Waals surface area contributed by atoms with Gasteiger partial charge in [-0.25, -0.2) is 4.21 Å². The first kappa shape index (κ1) is 9.22. The highest BCUT2D eigenvalue weighted by Crippen LogP contribution is 2.10. The molecular formula is C8H11NO2S. The predicted octanol–water partition coefficient (Wildman–Crippen LogP) is 1.03. The maximum Gasteiger partial charge on any atom is 0.153 e. The second-order valence-corrected chi connectivity index (χ2v) is 3.53. The van der Waals surface area contributed by atoms with Crippen LogP contribution in [0.5, 0.6) is 0 Å². The summed E-state index contributed by atoms with van der Waals surface area (Å²) in [6.07, 6.45) is 0.551. The van der Waals surface area contributed by atoms with Crippen LogP contribution in [0.15, 0.2) is 24.3 Å². The van der Waals surface area contributed by atoms with Crippen LogP contribution in [0.2, 0.25) is 0 Å². The Balaban J connectivity index is 2.63. The number of aryl methyl sites for hydroxylation is 1. The molecule has 0 amide bonds. The zero-order valence-electron chi connectivity index (χ0n) is 6.56. The maximum absolute atomic E-state index is 10.4. The lowest BCUT2D eigenvalue weighted by Gasteiger charge is -2.01. The highest BCUT2D eigenvalue weighted by molar-refractivity contribution is 7.79. The number of para-hydroxylation sites is 1. The van der Waals surface area contributed by atoms with Gasteiger partial charge in [0.1, 0.15) is 0 Å². The van der Waals surface area contributed by atoms with Crippen LogP contribution in [0.3, 0.4) is 0 Å². The first-order valence-electron chi connectivity index (χ1n) is 3.61. The van der Waals surface area contributed by atoms with E-state index in [1.165, 1.54) is 0 Å². The quantitative estimate of drug-likeness (QED) is 0.546. The molecule has 0 aliphatic rings. The summed E-state index contributed by atoms with van der Waals surface area (Å²) in [5.74, 6) is 0.244. The van der Waals surface area contributed by atoms with Crippen LogP contribution in [0.4, 0.5) is 5.69 Å². The zero-order chi connectivity index (χ0) is 8.97. The molecule has 1 unspecified atom stereocenters. The molecule has 12 heavy (non-hydrogen) atoms. The average Bonchev–Trinajstić information content (AvgIpc) is 2.03. The highest BCUT2D eigenvalue weighted by atomic mass is 32.2. The van der Waals surface area contributed by atoms with Gasteiger partial charge in [-0.05, 0) is 18.1 Å². The van der Waals surface area contributed by atoms with Crippen LogP contribution in [0.25, 0.3) is 0 Å². The van der Waals surface area contributed by atoms with E-state index in [4.69, 9.17) is 10.3 Å². The molecule has 0 spiro atoms. The van der Waals surface area contributed by atoms with Crippen molar-refractivity contribution in [3.8, 4) is 0 Å². The Morgan fingerprint density at radius 2 is 2.08 bits per heavy atom. The molecule has 3 nitrogen and oxygen atoms in total. The molecule has 0 aliphatic heterocycles. The summed E-state index contributed by atoms with van der Waals surface area (Å²) in [5.41, 5.74) is 7.24. The van der Waals surface area contributed by atoms with Crippen molar-refractivity contribution in [3.63, 3.8) is 0 Å². The average molecular weight is 185 g/mol. The second-order valence-electron chi connectivity index (χ2n) is 2.47. The second kappa shape index (κ2) is 4.23. The number of hydrogen-bond acceptors (Lipinski definition) is 2. The topological polar surface area (TPSA) is 63.3 Å². The van der Waals surface area contributed by atoms with Crippen molar-refractivity contribution in [1.82, 2.24) is 0 Å². The van der Waals surface area contributed by atoms with Gasteiger partial charge in [0.25, 0.3) is 0 Å². The minimum Gasteiger partial charge on any atom is -0.399 e. The molecular weight excluding hydrogens is 174 g/mol. The minimum atomic E-state index is -1.73. The summed E-state index contributed by atoms with van der Waals surface area (Å²) in [5, 5.41) is 0. The summed E-state index contributed by atoms with van der Waals surface area (Å²) >= 11 is -1.73. The van der Waals surface area contributed by atoms with Gasteiger partial charge in [-0.15, -0.1) is 0 Å². The Hall–Kier alpha value is -0.870. The number of rotatable bonds is 3. The van der Waals surface area contributed by atoms with Gasteiger partial charge in [-0.1, -0.05) is 18.2 Å². The van der Waals surface area contributed by atoms with E-state index in [9.17, 15) is 4.21 Å². The van der Waals surface area contributed by atoms with E-state index < -0.39 is 11.1 Å². The van der Waals surface area contributed by atoms with Crippen molar-refractivity contribution < 1.29 is 8.76 Å². The lowest BCUT2D eigenvalue weighted by molar-refractivity contribution is 0.563. The van der Waals surface area contributed by atoms with Crippen molar-refractivity contribution in [3.05, 3.63) is 29.8 Å². The number of nitrogen functional groups attached to an aromatic ring is 1. The van der Waals surface area contributed by atoms with Crippen LogP contribution in [-0.2, 0) is 17.5 Å². The number of benzene rings is 1. The van der Waals surface area contributed by atoms with Crippen LogP contribution in [-0.4, -0.2) is 14.5 Å². The fourth-order valence-electron chi connectivity index (χ4n) is 0.959. The van der Waals surface area contributed by atoms with Crippen molar-refractivity contribution in [2.75, 3.05) is 11.5 Å². The molecule has 1 aromatic carbocycles. The molecule has 0 saturated carbocycles. The molecule has 1 rings (SSSR count). The molecule has 4 heteroatoms. The third-order valence-corrected chi connectivity index (χ3v) is 2.15. The summed E-state index contributed by atoms with van der Waals surface area (Å²) in [6.45, 7) is 0. The SMILES string of the molecule is Nc1ccccc1CCS(=O)O. The maximum atomic E-state index is 10.4. The Bertz CT molecular complexity index is 288. The van der Waals surface area contributed by atoms with E-state index >= 15 is 0 Å². The summed E-state index contributed by atoms with van der Waals surface area (Å²) in [6, 6.07) is 7.36. The Morgan fingerprint density at radius 3 is 2.67 bits per heavy atom. The summed E-state index contributed by atoms with van der Waals surface area (Å²) < 4.78 is 18.9. The summed E-state index contributed by atoms with van der Waals surface area (Å²) in [4.78, 5) is 0. The lowest BCUT2D eigenvalue weighted by atomic mass is 10.1. The van der Waals surface area contributed by atoms with Crippen molar-refractivity contribution in [1.29, 1.82) is 0 Å². The Labute approximate surface area is 73.9 Å². The Kier molecular flexibility index (Phi) is 3.25. The fourth-order valence-corrected chi connectivity index (χ4v) is 1.35. The molecule has 66 valence electrons. The highest BCUT2D eigenvalue weighted by Gasteiger charge is 1.99. The largest absolute Gasteiger partial charge is 0.399 e. The molecule has 0 fully saturated rings. The molecule has 1 aromatic rings. The predicted molar refractivity (Wildman–Crippen MR) is 50.2 cm³/mol. The van der Waals surface area contributed by atoms with Crippen molar-refractivity contribution in [2.45, 2.75) is 6.42 Å². The van der Waals surface area contributed by atoms with Gasteiger partial charge >= 0.3 is 0 Å².